The SMILES string of the molecule is CCOc1ccn2c(-c3cc(NS(C)(=O)=O)cc(-c4ccc(F)cc4F)c3)cnc2c1. The summed E-state index contributed by atoms with van der Waals surface area (Å²) < 4.78 is 61.2. The van der Waals surface area contributed by atoms with Crippen LogP contribution >= 0.6 is 0 Å². The minimum absolute atomic E-state index is 0.146. The van der Waals surface area contributed by atoms with Crippen LogP contribution in [0.25, 0.3) is 28.0 Å². The number of ether oxygens (including phenoxy) is 1. The number of pyridine rings is 1. The minimum Gasteiger partial charge on any atom is -0.494 e. The Kier molecular flexibility index (Phi) is 5.36. The molecule has 0 spiro atoms. The maximum absolute atomic E-state index is 14.4. The van der Waals surface area contributed by atoms with Gasteiger partial charge < -0.3 is 4.74 Å². The highest BCUT2D eigenvalue weighted by atomic mass is 32.2. The molecule has 0 fully saturated rings. The molecule has 0 aliphatic heterocycles. The molecule has 0 saturated heterocycles. The maximum Gasteiger partial charge on any atom is 0.229 e. The molecule has 4 aromatic rings. The lowest BCUT2D eigenvalue weighted by Crippen LogP contribution is -2.09. The Hall–Kier alpha value is -3.46. The van der Waals surface area contributed by atoms with Crippen LogP contribution in [0.3, 0.4) is 0 Å². The third-order valence-corrected chi connectivity index (χ3v) is 5.18. The number of hydrogen-bond donors (Lipinski definition) is 1. The van der Waals surface area contributed by atoms with Crippen molar-refractivity contribution in [1.82, 2.24) is 9.38 Å². The molecule has 0 amide bonds. The van der Waals surface area contributed by atoms with Crippen LogP contribution in [-0.4, -0.2) is 30.7 Å². The van der Waals surface area contributed by atoms with Crippen molar-refractivity contribution in [2.24, 2.45) is 0 Å². The Morgan fingerprint density at radius 3 is 2.55 bits per heavy atom. The maximum atomic E-state index is 14.4. The normalized spacial score (nSPS) is 11.6. The molecule has 0 saturated carbocycles. The molecule has 0 radical (unpaired) electrons. The largest absolute Gasteiger partial charge is 0.494 e. The molecule has 9 heteroatoms. The molecule has 0 aliphatic carbocycles. The fraction of sp³-hybridized carbons (Fsp3) is 0.136. The number of nitrogens with zero attached hydrogens (tertiary/aromatic N) is 2. The molecule has 2 aromatic heterocycles. The lowest BCUT2D eigenvalue weighted by Gasteiger charge is -2.12. The number of fused-ring (bicyclic) bond motifs is 1. The highest BCUT2D eigenvalue weighted by molar-refractivity contribution is 7.92. The van der Waals surface area contributed by atoms with E-state index in [1.807, 2.05) is 11.3 Å². The molecular formula is C22H19F2N3O3S. The average molecular weight is 443 g/mol. The van der Waals surface area contributed by atoms with Crippen molar-refractivity contribution in [2.75, 3.05) is 17.6 Å². The van der Waals surface area contributed by atoms with E-state index in [0.29, 0.717) is 34.8 Å². The van der Waals surface area contributed by atoms with Crippen LogP contribution in [0.1, 0.15) is 6.92 Å². The second-order valence-electron chi connectivity index (χ2n) is 6.96. The smallest absolute Gasteiger partial charge is 0.229 e. The Balaban J connectivity index is 1.89. The first-order valence-electron chi connectivity index (χ1n) is 9.42. The summed E-state index contributed by atoms with van der Waals surface area (Å²) >= 11 is 0. The van der Waals surface area contributed by atoms with Crippen LogP contribution in [0, 0.1) is 11.6 Å². The fourth-order valence-electron chi connectivity index (χ4n) is 3.36. The van der Waals surface area contributed by atoms with Gasteiger partial charge >= 0.3 is 0 Å². The predicted octanol–water partition coefficient (Wildman–Crippen LogP) is 4.72. The second-order valence-corrected chi connectivity index (χ2v) is 8.71. The molecule has 0 atom stereocenters. The zero-order valence-electron chi connectivity index (χ0n) is 16.8. The lowest BCUT2D eigenvalue weighted by atomic mass is 10.0. The van der Waals surface area contributed by atoms with Crippen molar-refractivity contribution in [3.05, 3.63) is 72.6 Å². The minimum atomic E-state index is -3.58. The fourth-order valence-corrected chi connectivity index (χ4v) is 3.91. The van der Waals surface area contributed by atoms with Gasteiger partial charge in [0.15, 0.2) is 0 Å². The van der Waals surface area contributed by atoms with E-state index in [1.54, 1.807) is 36.7 Å². The molecule has 4 rings (SSSR count). The molecule has 6 nitrogen and oxygen atoms in total. The molecule has 2 heterocycles. The van der Waals surface area contributed by atoms with Crippen molar-refractivity contribution in [1.29, 1.82) is 0 Å². The van der Waals surface area contributed by atoms with Gasteiger partial charge in [0.1, 0.15) is 23.0 Å². The van der Waals surface area contributed by atoms with Crippen LogP contribution in [0.4, 0.5) is 14.5 Å². The standard InChI is InChI=1S/C22H19F2N3O3S/c1-3-30-18-6-7-27-21(13-25-22(27)12-18)15-8-14(9-17(10-15)26-31(2,28)29)19-5-4-16(23)11-20(19)24/h4-13,26H,3H2,1-2H3. The average Bonchev–Trinajstić information content (AvgIpc) is 3.10. The van der Waals surface area contributed by atoms with Gasteiger partial charge in [-0.25, -0.2) is 22.2 Å². The van der Waals surface area contributed by atoms with E-state index < -0.39 is 21.7 Å². The Morgan fingerprint density at radius 2 is 1.84 bits per heavy atom. The number of halogens is 2. The number of rotatable bonds is 6. The molecule has 160 valence electrons. The number of sulfonamides is 1. The number of aromatic nitrogens is 2. The van der Waals surface area contributed by atoms with Gasteiger partial charge in [-0.15, -0.1) is 0 Å². The highest BCUT2D eigenvalue weighted by Crippen LogP contribution is 2.33. The predicted molar refractivity (Wildman–Crippen MR) is 116 cm³/mol. The van der Waals surface area contributed by atoms with E-state index in [-0.39, 0.29) is 11.3 Å². The third kappa shape index (κ3) is 4.51. The highest BCUT2D eigenvalue weighted by Gasteiger charge is 2.14. The zero-order valence-corrected chi connectivity index (χ0v) is 17.6. The first kappa shape index (κ1) is 20.8. The summed E-state index contributed by atoms with van der Waals surface area (Å²) in [7, 11) is -3.58. The first-order chi connectivity index (χ1) is 14.7. The van der Waals surface area contributed by atoms with Gasteiger partial charge in [-0.1, -0.05) is 0 Å². The van der Waals surface area contributed by atoms with Crippen LogP contribution in [0.2, 0.25) is 0 Å². The van der Waals surface area contributed by atoms with E-state index in [9.17, 15) is 17.2 Å². The van der Waals surface area contributed by atoms with Gasteiger partial charge in [0, 0.05) is 35.1 Å². The van der Waals surface area contributed by atoms with Crippen molar-refractivity contribution in [3.63, 3.8) is 0 Å². The van der Waals surface area contributed by atoms with Crippen molar-refractivity contribution < 1.29 is 21.9 Å². The summed E-state index contributed by atoms with van der Waals surface area (Å²) in [5.74, 6) is -0.769. The molecular weight excluding hydrogens is 424 g/mol. The third-order valence-electron chi connectivity index (χ3n) is 4.57. The van der Waals surface area contributed by atoms with Gasteiger partial charge in [-0.05, 0) is 48.9 Å². The Labute approximate surface area is 178 Å². The number of nitrogens with one attached hydrogen (secondary N) is 1. The molecule has 2 aromatic carbocycles. The van der Waals surface area contributed by atoms with Gasteiger partial charge in [-0.3, -0.25) is 9.12 Å². The van der Waals surface area contributed by atoms with Crippen LogP contribution in [-0.2, 0) is 10.0 Å². The summed E-state index contributed by atoms with van der Waals surface area (Å²) in [5, 5.41) is 0. The zero-order chi connectivity index (χ0) is 22.2. The number of anilines is 1. The van der Waals surface area contributed by atoms with Gasteiger partial charge in [0.2, 0.25) is 10.0 Å². The second kappa shape index (κ2) is 7.99. The molecule has 1 N–H and O–H groups in total. The van der Waals surface area contributed by atoms with Crippen LogP contribution < -0.4 is 9.46 Å². The van der Waals surface area contributed by atoms with Gasteiger partial charge in [0.05, 0.1) is 24.8 Å². The monoisotopic (exact) mass is 443 g/mol. The summed E-state index contributed by atoms with van der Waals surface area (Å²) in [4.78, 5) is 4.39. The topological polar surface area (TPSA) is 72.7 Å². The van der Waals surface area contributed by atoms with E-state index >= 15 is 0 Å². The summed E-state index contributed by atoms with van der Waals surface area (Å²) in [6.07, 6.45) is 4.45. The van der Waals surface area contributed by atoms with E-state index in [4.69, 9.17) is 4.74 Å². The van der Waals surface area contributed by atoms with Gasteiger partial charge in [-0.2, -0.15) is 0 Å². The van der Waals surface area contributed by atoms with Gasteiger partial charge in [0.25, 0.3) is 0 Å². The van der Waals surface area contributed by atoms with Crippen LogP contribution in [0.5, 0.6) is 5.75 Å². The summed E-state index contributed by atoms with van der Waals surface area (Å²) in [6, 6.07) is 11.7. The van der Waals surface area contributed by atoms with E-state index in [0.717, 1.165) is 18.4 Å². The summed E-state index contributed by atoms with van der Waals surface area (Å²) in [5.41, 5.74) is 2.69. The Bertz CT molecular complexity index is 1380. The quantitative estimate of drug-likeness (QED) is 0.468. The summed E-state index contributed by atoms with van der Waals surface area (Å²) in [6.45, 7) is 2.41. The van der Waals surface area contributed by atoms with E-state index in [1.165, 1.54) is 12.1 Å². The molecule has 0 bridgehead atoms. The number of imidazole rings is 1. The van der Waals surface area contributed by atoms with Crippen molar-refractivity contribution >= 4 is 21.4 Å². The molecule has 0 unspecified atom stereocenters. The molecule has 0 aliphatic rings. The van der Waals surface area contributed by atoms with Crippen LogP contribution in [0.15, 0.2) is 60.9 Å². The lowest BCUT2D eigenvalue weighted by molar-refractivity contribution is 0.340. The van der Waals surface area contributed by atoms with E-state index in [2.05, 4.69) is 9.71 Å². The Morgan fingerprint density at radius 1 is 1.06 bits per heavy atom. The number of hydrogen-bond acceptors (Lipinski definition) is 4. The molecule has 31 heavy (non-hydrogen) atoms. The first-order valence-corrected chi connectivity index (χ1v) is 11.3. The van der Waals surface area contributed by atoms with Crippen molar-refractivity contribution in [2.45, 2.75) is 6.92 Å². The van der Waals surface area contributed by atoms with Crippen molar-refractivity contribution in [3.8, 4) is 28.1 Å². The number of benzene rings is 2.